The van der Waals surface area contributed by atoms with E-state index in [1.807, 2.05) is 0 Å². The molecule has 0 aliphatic carbocycles. The Kier molecular flexibility index (Phi) is 6.80. The van der Waals surface area contributed by atoms with Crippen molar-refractivity contribution in [3.8, 4) is 5.69 Å². The van der Waals surface area contributed by atoms with Crippen LogP contribution in [0.4, 0.5) is 0 Å². The minimum Gasteiger partial charge on any atom is -0.395 e. The van der Waals surface area contributed by atoms with E-state index in [0.717, 1.165) is 6.26 Å². The summed E-state index contributed by atoms with van der Waals surface area (Å²) < 4.78 is 30.2. The molecule has 0 saturated carbocycles. The fraction of sp³-hybridized carbons (Fsp3) is 0.273. The van der Waals surface area contributed by atoms with Crippen LogP contribution < -0.4 is 5.32 Å². The number of nitrogens with zero attached hydrogens (tertiary/aromatic N) is 4. The second-order valence-corrected chi connectivity index (χ2v) is 9.72. The minimum atomic E-state index is -3.73. The average Bonchev–Trinajstić information content (AvgIpc) is 3.11. The molecule has 1 aliphatic rings. The second-order valence-electron chi connectivity index (χ2n) is 7.64. The number of aliphatic hydroxyl groups is 1. The van der Waals surface area contributed by atoms with Crippen molar-refractivity contribution in [3.05, 3.63) is 75.8 Å². The van der Waals surface area contributed by atoms with Crippen LogP contribution in [0.5, 0.6) is 0 Å². The maximum Gasteiger partial charge on any atom is 0.264 e. The molecule has 0 bridgehead atoms. The molecule has 34 heavy (non-hydrogen) atoms. The monoisotopic (exact) mass is 503 g/mol. The highest BCUT2D eigenvalue weighted by Crippen LogP contribution is 2.32. The van der Waals surface area contributed by atoms with Crippen molar-refractivity contribution in [1.29, 1.82) is 0 Å². The van der Waals surface area contributed by atoms with Crippen molar-refractivity contribution in [2.75, 3.05) is 26.0 Å². The van der Waals surface area contributed by atoms with Gasteiger partial charge < -0.3 is 10.4 Å². The van der Waals surface area contributed by atoms with Gasteiger partial charge in [0.25, 0.3) is 16.0 Å². The summed E-state index contributed by atoms with van der Waals surface area (Å²) in [5.74, 6) is 0.615. The summed E-state index contributed by atoms with van der Waals surface area (Å²) in [5, 5.41) is 20.6. The predicted octanol–water partition coefficient (Wildman–Crippen LogP) is 1.82. The third-order valence-electron chi connectivity index (χ3n) is 5.14. The first kappa shape index (κ1) is 24.0. The molecule has 0 spiro atoms. The van der Waals surface area contributed by atoms with Crippen molar-refractivity contribution in [3.63, 3.8) is 0 Å². The van der Waals surface area contributed by atoms with Gasteiger partial charge in [0.15, 0.2) is 5.82 Å². The summed E-state index contributed by atoms with van der Waals surface area (Å²) in [6, 6.07) is 11.3. The van der Waals surface area contributed by atoms with Gasteiger partial charge in [-0.15, -0.1) is 10.2 Å². The van der Waals surface area contributed by atoms with Crippen LogP contribution in [0, 0.1) is 6.92 Å². The smallest absolute Gasteiger partial charge is 0.264 e. The lowest BCUT2D eigenvalue weighted by molar-refractivity contribution is 0.0944. The number of aliphatic imine (C=N–C) groups is 1. The van der Waals surface area contributed by atoms with Gasteiger partial charge in [0, 0.05) is 28.3 Å². The molecule has 1 amide bonds. The largest absolute Gasteiger partial charge is 0.395 e. The first-order valence-corrected chi connectivity index (χ1v) is 12.5. The third-order valence-corrected chi connectivity index (χ3v) is 5.96. The molecule has 12 heteroatoms. The molecule has 178 valence electrons. The maximum absolute atomic E-state index is 12.6. The van der Waals surface area contributed by atoms with E-state index >= 15 is 0 Å². The van der Waals surface area contributed by atoms with Gasteiger partial charge in [-0.2, -0.15) is 8.42 Å². The Balaban J connectivity index is 1.93. The quantitative estimate of drug-likeness (QED) is 0.469. The summed E-state index contributed by atoms with van der Waals surface area (Å²) in [5.41, 5.74) is 2.87. The predicted molar refractivity (Wildman–Crippen MR) is 126 cm³/mol. The Labute approximate surface area is 201 Å². The highest BCUT2D eigenvalue weighted by atomic mass is 35.5. The normalized spacial score (nSPS) is 15.2. The van der Waals surface area contributed by atoms with Crippen molar-refractivity contribution < 1.29 is 22.5 Å². The van der Waals surface area contributed by atoms with Gasteiger partial charge in [-0.25, -0.2) is 0 Å². The molecule has 2 heterocycles. The number of aryl methyl sites for hydroxylation is 1. The van der Waals surface area contributed by atoms with E-state index in [2.05, 4.69) is 15.5 Å². The number of halogens is 1. The van der Waals surface area contributed by atoms with Gasteiger partial charge in [0.1, 0.15) is 11.9 Å². The van der Waals surface area contributed by atoms with Crippen molar-refractivity contribution in [2.24, 2.45) is 4.99 Å². The SMILES string of the molecule is Cc1nnc2n1-c1ccc(C(=O)NCCO)cc1C(c1ccc(Cl)cc1)=NC2COS(C)(=O)=O. The highest BCUT2D eigenvalue weighted by molar-refractivity contribution is 7.85. The molecule has 1 unspecified atom stereocenters. The number of fused-ring (bicyclic) bond motifs is 3. The molecule has 0 radical (unpaired) electrons. The second kappa shape index (κ2) is 9.63. The van der Waals surface area contributed by atoms with Crippen LogP contribution in [0.3, 0.4) is 0 Å². The van der Waals surface area contributed by atoms with Crippen LogP contribution >= 0.6 is 11.6 Å². The number of aliphatic hydroxyl groups excluding tert-OH is 1. The lowest BCUT2D eigenvalue weighted by Crippen LogP contribution is -2.26. The van der Waals surface area contributed by atoms with Crippen LogP contribution in [0.25, 0.3) is 5.69 Å². The van der Waals surface area contributed by atoms with E-state index in [0.29, 0.717) is 44.8 Å². The van der Waals surface area contributed by atoms with Crippen LogP contribution in [0.2, 0.25) is 5.02 Å². The zero-order chi connectivity index (χ0) is 24.5. The highest BCUT2D eigenvalue weighted by Gasteiger charge is 2.29. The summed E-state index contributed by atoms with van der Waals surface area (Å²) in [6.45, 7) is 1.43. The molecular weight excluding hydrogens is 482 g/mol. The molecule has 10 nitrogen and oxygen atoms in total. The molecular formula is C22H22ClN5O5S. The fourth-order valence-corrected chi connectivity index (χ4v) is 4.15. The Morgan fingerprint density at radius 1 is 1.21 bits per heavy atom. The first-order chi connectivity index (χ1) is 16.2. The average molecular weight is 504 g/mol. The van der Waals surface area contributed by atoms with Crippen LogP contribution in [-0.4, -0.2) is 65.9 Å². The van der Waals surface area contributed by atoms with Crippen LogP contribution in [0.15, 0.2) is 47.5 Å². The van der Waals surface area contributed by atoms with Crippen molar-refractivity contribution in [1.82, 2.24) is 20.1 Å². The standard InChI is InChI=1S/C22H22ClN5O5S/c1-13-26-27-21-18(12-33-34(2,31)32)25-20(14-3-6-16(23)7-4-14)17-11-15(22(30)24-9-10-29)5-8-19(17)28(13)21/h3-8,11,18,29H,9-10,12H2,1-2H3,(H,24,30). The number of hydrogen-bond donors (Lipinski definition) is 2. The van der Waals surface area contributed by atoms with E-state index < -0.39 is 16.2 Å². The number of rotatable bonds is 7. The molecule has 4 rings (SSSR count). The van der Waals surface area contributed by atoms with E-state index in [-0.39, 0.29) is 25.7 Å². The van der Waals surface area contributed by atoms with Gasteiger partial charge in [-0.1, -0.05) is 23.7 Å². The van der Waals surface area contributed by atoms with E-state index in [1.165, 1.54) is 0 Å². The zero-order valence-corrected chi connectivity index (χ0v) is 20.0. The van der Waals surface area contributed by atoms with Crippen LogP contribution in [-0.2, 0) is 14.3 Å². The topological polar surface area (TPSA) is 136 Å². The Morgan fingerprint density at radius 3 is 2.62 bits per heavy atom. The van der Waals surface area contributed by atoms with Gasteiger partial charge in [0.05, 0.1) is 30.9 Å². The summed E-state index contributed by atoms with van der Waals surface area (Å²) in [6.07, 6.45) is 0.968. The maximum atomic E-state index is 12.6. The lowest BCUT2D eigenvalue weighted by atomic mass is 9.98. The molecule has 2 aromatic carbocycles. The molecule has 1 aromatic heterocycles. The van der Waals surface area contributed by atoms with Gasteiger partial charge >= 0.3 is 0 Å². The van der Waals surface area contributed by atoms with Gasteiger partial charge in [-0.05, 0) is 37.3 Å². The Morgan fingerprint density at radius 2 is 1.94 bits per heavy atom. The molecule has 0 saturated heterocycles. The number of carbonyl (C=O) groups excluding carboxylic acids is 1. The lowest BCUT2D eigenvalue weighted by Gasteiger charge is -2.14. The molecule has 0 fully saturated rings. The number of carbonyl (C=O) groups is 1. The van der Waals surface area contributed by atoms with Crippen molar-refractivity contribution in [2.45, 2.75) is 13.0 Å². The number of aromatic nitrogens is 3. The van der Waals surface area contributed by atoms with Crippen molar-refractivity contribution >= 4 is 33.3 Å². The van der Waals surface area contributed by atoms with Gasteiger partial charge in [0.2, 0.25) is 0 Å². The van der Waals surface area contributed by atoms with E-state index in [9.17, 15) is 13.2 Å². The molecule has 3 aromatic rings. The first-order valence-electron chi connectivity index (χ1n) is 10.3. The molecule has 1 aliphatic heterocycles. The van der Waals surface area contributed by atoms with Crippen LogP contribution in [0.1, 0.15) is 39.2 Å². The summed E-state index contributed by atoms with van der Waals surface area (Å²) >= 11 is 6.08. The number of nitrogens with one attached hydrogen (secondary N) is 1. The molecule has 2 N–H and O–H groups in total. The Bertz CT molecular complexity index is 1370. The molecule has 1 atom stereocenters. The zero-order valence-electron chi connectivity index (χ0n) is 18.4. The third kappa shape index (κ3) is 5.02. The number of benzene rings is 2. The number of amides is 1. The Hall–Kier alpha value is -3.12. The van der Waals surface area contributed by atoms with Gasteiger partial charge in [-0.3, -0.25) is 18.5 Å². The summed E-state index contributed by atoms with van der Waals surface area (Å²) in [4.78, 5) is 17.4. The van der Waals surface area contributed by atoms with E-state index in [1.54, 1.807) is 54.0 Å². The fourth-order valence-electron chi connectivity index (χ4n) is 3.65. The summed E-state index contributed by atoms with van der Waals surface area (Å²) in [7, 11) is -3.73. The minimum absolute atomic E-state index is 0.119. The number of hydrogen-bond acceptors (Lipinski definition) is 8. The van der Waals surface area contributed by atoms with E-state index in [4.69, 9.17) is 25.9 Å².